The third kappa shape index (κ3) is 4.14. The van der Waals surface area contributed by atoms with Crippen LogP contribution in [0.3, 0.4) is 0 Å². The monoisotopic (exact) mass is 442 g/mol. The van der Waals surface area contributed by atoms with E-state index >= 15 is 0 Å². The number of carbonyl (C=O) groups is 1. The average Bonchev–Trinajstić information content (AvgIpc) is 3.38. The molecule has 2 aromatic heterocycles. The number of anilines is 1. The van der Waals surface area contributed by atoms with E-state index in [1.165, 1.54) is 52.4 Å². The van der Waals surface area contributed by atoms with E-state index in [-0.39, 0.29) is 16.5 Å². The zero-order chi connectivity index (χ0) is 21.3. The molecule has 1 N–H and O–H groups in total. The Bertz CT molecular complexity index is 1300. The Morgan fingerprint density at radius 3 is 2.37 bits per heavy atom. The summed E-state index contributed by atoms with van der Waals surface area (Å²) in [7, 11) is -3.33. The van der Waals surface area contributed by atoms with Gasteiger partial charge in [-0.05, 0) is 60.0 Å². The first kappa shape index (κ1) is 19.9. The SMILES string of the molecule is CS(=O)(=O)c1ccc(NC(=O)c2nc(-c3cccs3)n(-c3ccc(F)cc3)n2)cc1. The van der Waals surface area contributed by atoms with Crippen LogP contribution in [0.25, 0.3) is 16.4 Å². The highest BCUT2D eigenvalue weighted by Crippen LogP contribution is 2.26. The molecule has 0 unspecified atom stereocenters. The molecule has 0 radical (unpaired) electrons. The summed E-state index contributed by atoms with van der Waals surface area (Å²) in [5.74, 6) is -0.558. The molecular formula is C20H15FN4O3S2. The fourth-order valence-corrected chi connectivity index (χ4v) is 4.04. The summed E-state index contributed by atoms with van der Waals surface area (Å²) in [6.07, 6.45) is 1.11. The smallest absolute Gasteiger partial charge is 0.295 e. The lowest BCUT2D eigenvalue weighted by Crippen LogP contribution is -2.14. The molecular weight excluding hydrogens is 427 g/mol. The quantitative estimate of drug-likeness (QED) is 0.508. The molecule has 0 bridgehead atoms. The second-order valence-electron chi connectivity index (χ2n) is 6.38. The van der Waals surface area contributed by atoms with Gasteiger partial charge in [-0.1, -0.05) is 6.07 Å². The lowest BCUT2D eigenvalue weighted by Gasteiger charge is -2.04. The number of carbonyl (C=O) groups excluding carboxylic acids is 1. The number of nitrogens with one attached hydrogen (secondary N) is 1. The van der Waals surface area contributed by atoms with Crippen molar-refractivity contribution in [1.29, 1.82) is 0 Å². The molecule has 0 spiro atoms. The number of nitrogens with zero attached hydrogens (tertiary/aromatic N) is 3. The summed E-state index contributed by atoms with van der Waals surface area (Å²) in [6.45, 7) is 0. The Balaban J connectivity index is 1.66. The molecule has 4 rings (SSSR count). The average molecular weight is 442 g/mol. The van der Waals surface area contributed by atoms with Crippen LogP contribution in [0.4, 0.5) is 10.1 Å². The van der Waals surface area contributed by atoms with Crippen LogP contribution in [-0.4, -0.2) is 35.3 Å². The molecule has 4 aromatic rings. The zero-order valence-corrected chi connectivity index (χ0v) is 17.2. The number of benzene rings is 2. The second-order valence-corrected chi connectivity index (χ2v) is 9.34. The van der Waals surface area contributed by atoms with E-state index in [9.17, 15) is 17.6 Å². The van der Waals surface area contributed by atoms with Crippen molar-refractivity contribution in [2.75, 3.05) is 11.6 Å². The standard InChI is InChI=1S/C20H15FN4O3S2/c1-30(27,28)16-10-6-14(7-11-16)22-20(26)18-23-19(17-3-2-12-29-17)25(24-18)15-8-4-13(21)5-9-15/h2-12H,1H3,(H,22,26). The first-order valence-corrected chi connectivity index (χ1v) is 11.5. The third-order valence-electron chi connectivity index (χ3n) is 4.16. The predicted molar refractivity (Wildman–Crippen MR) is 112 cm³/mol. The first-order chi connectivity index (χ1) is 14.3. The number of amides is 1. The van der Waals surface area contributed by atoms with Crippen molar-refractivity contribution in [3.05, 3.63) is 77.7 Å². The fourth-order valence-electron chi connectivity index (χ4n) is 2.71. The molecule has 1 amide bonds. The van der Waals surface area contributed by atoms with Crippen LogP contribution in [0.2, 0.25) is 0 Å². The van der Waals surface area contributed by atoms with E-state index in [0.717, 1.165) is 11.1 Å². The van der Waals surface area contributed by atoms with Crippen LogP contribution >= 0.6 is 11.3 Å². The molecule has 0 saturated heterocycles. The lowest BCUT2D eigenvalue weighted by atomic mass is 10.3. The van der Waals surface area contributed by atoms with Crippen LogP contribution in [-0.2, 0) is 9.84 Å². The highest BCUT2D eigenvalue weighted by molar-refractivity contribution is 7.90. The van der Waals surface area contributed by atoms with Gasteiger partial charge in [-0.3, -0.25) is 4.79 Å². The minimum atomic E-state index is -3.33. The van der Waals surface area contributed by atoms with E-state index in [2.05, 4.69) is 15.4 Å². The molecule has 152 valence electrons. The summed E-state index contributed by atoms with van der Waals surface area (Å²) < 4.78 is 37.9. The maximum absolute atomic E-state index is 13.3. The normalized spacial score (nSPS) is 11.4. The Morgan fingerprint density at radius 1 is 1.07 bits per heavy atom. The van der Waals surface area contributed by atoms with Crippen LogP contribution in [0.15, 0.2) is 70.9 Å². The number of sulfone groups is 1. The molecule has 0 saturated carbocycles. The maximum atomic E-state index is 13.3. The molecule has 2 aromatic carbocycles. The van der Waals surface area contributed by atoms with Gasteiger partial charge in [-0.25, -0.2) is 22.5 Å². The van der Waals surface area contributed by atoms with E-state index in [1.807, 2.05) is 17.5 Å². The van der Waals surface area contributed by atoms with E-state index < -0.39 is 15.7 Å². The molecule has 0 aliphatic rings. The maximum Gasteiger partial charge on any atom is 0.295 e. The van der Waals surface area contributed by atoms with E-state index in [1.54, 1.807) is 12.1 Å². The van der Waals surface area contributed by atoms with Gasteiger partial charge in [-0.2, -0.15) is 0 Å². The van der Waals surface area contributed by atoms with E-state index in [0.29, 0.717) is 17.2 Å². The van der Waals surface area contributed by atoms with E-state index in [4.69, 9.17) is 0 Å². The van der Waals surface area contributed by atoms with Crippen molar-refractivity contribution < 1.29 is 17.6 Å². The highest BCUT2D eigenvalue weighted by atomic mass is 32.2. The molecule has 7 nitrogen and oxygen atoms in total. The van der Waals surface area contributed by atoms with Crippen molar-refractivity contribution in [2.24, 2.45) is 0 Å². The first-order valence-electron chi connectivity index (χ1n) is 8.69. The number of halogens is 1. The van der Waals surface area contributed by atoms with Crippen LogP contribution in [0.1, 0.15) is 10.6 Å². The number of thiophene rings is 1. The number of hydrogen-bond acceptors (Lipinski definition) is 6. The summed E-state index contributed by atoms with van der Waals surface area (Å²) >= 11 is 1.43. The minimum Gasteiger partial charge on any atom is -0.319 e. The van der Waals surface area contributed by atoms with Crippen LogP contribution in [0.5, 0.6) is 0 Å². The summed E-state index contributed by atoms with van der Waals surface area (Å²) in [6, 6.07) is 15.2. The molecule has 0 aliphatic heterocycles. The fraction of sp³-hybridized carbons (Fsp3) is 0.0500. The summed E-state index contributed by atoms with van der Waals surface area (Å²) in [5.41, 5.74) is 0.965. The number of aromatic nitrogens is 3. The van der Waals surface area contributed by atoms with Gasteiger partial charge in [-0.15, -0.1) is 16.4 Å². The van der Waals surface area contributed by atoms with Crippen molar-refractivity contribution >= 4 is 32.8 Å². The third-order valence-corrected chi connectivity index (χ3v) is 6.16. The zero-order valence-electron chi connectivity index (χ0n) is 15.6. The van der Waals surface area contributed by atoms with Crippen LogP contribution in [0, 0.1) is 5.82 Å². The molecule has 0 fully saturated rings. The topological polar surface area (TPSA) is 94.0 Å². The van der Waals surface area contributed by atoms with Gasteiger partial charge in [0.15, 0.2) is 15.7 Å². The molecule has 2 heterocycles. The van der Waals surface area contributed by atoms with Gasteiger partial charge in [0.1, 0.15) is 5.82 Å². The van der Waals surface area contributed by atoms with Crippen molar-refractivity contribution in [1.82, 2.24) is 14.8 Å². The second kappa shape index (κ2) is 7.81. The van der Waals surface area contributed by atoms with Crippen molar-refractivity contribution in [3.63, 3.8) is 0 Å². The summed E-state index contributed by atoms with van der Waals surface area (Å²) in [4.78, 5) is 18.0. The van der Waals surface area contributed by atoms with Crippen LogP contribution < -0.4 is 5.32 Å². The van der Waals surface area contributed by atoms with Gasteiger partial charge in [0.2, 0.25) is 5.82 Å². The highest BCUT2D eigenvalue weighted by Gasteiger charge is 2.20. The van der Waals surface area contributed by atoms with Crippen molar-refractivity contribution in [3.8, 4) is 16.4 Å². The molecule has 30 heavy (non-hydrogen) atoms. The van der Waals surface area contributed by atoms with Crippen molar-refractivity contribution in [2.45, 2.75) is 4.90 Å². The Hall–Kier alpha value is -3.37. The Labute approximate surface area is 175 Å². The van der Waals surface area contributed by atoms with Gasteiger partial charge >= 0.3 is 0 Å². The number of rotatable bonds is 5. The minimum absolute atomic E-state index is 0.0742. The summed E-state index contributed by atoms with van der Waals surface area (Å²) in [5, 5.41) is 8.83. The largest absolute Gasteiger partial charge is 0.319 e. The predicted octanol–water partition coefficient (Wildman–Crippen LogP) is 3.79. The lowest BCUT2D eigenvalue weighted by molar-refractivity contribution is 0.101. The van der Waals surface area contributed by atoms with Gasteiger partial charge < -0.3 is 5.32 Å². The van der Waals surface area contributed by atoms with Gasteiger partial charge in [0.05, 0.1) is 15.5 Å². The molecule has 10 heteroatoms. The molecule has 0 atom stereocenters. The van der Waals surface area contributed by atoms with Gasteiger partial charge in [0.25, 0.3) is 5.91 Å². The Kier molecular flexibility index (Phi) is 5.18. The number of hydrogen-bond donors (Lipinski definition) is 1. The van der Waals surface area contributed by atoms with Gasteiger partial charge in [0, 0.05) is 11.9 Å². The molecule has 0 aliphatic carbocycles. The Morgan fingerprint density at radius 2 is 1.77 bits per heavy atom.